The molecule has 0 heterocycles. The Morgan fingerprint density at radius 2 is 2.05 bits per heavy atom. The van der Waals surface area contributed by atoms with E-state index < -0.39 is 0 Å². The summed E-state index contributed by atoms with van der Waals surface area (Å²) in [7, 11) is 1.98. The van der Waals surface area contributed by atoms with E-state index in [1.807, 2.05) is 11.9 Å². The molecule has 2 fully saturated rings. The van der Waals surface area contributed by atoms with Gasteiger partial charge in [0.1, 0.15) is 0 Å². The van der Waals surface area contributed by atoms with Crippen molar-refractivity contribution in [2.75, 3.05) is 20.1 Å². The van der Waals surface area contributed by atoms with Gasteiger partial charge in [-0.25, -0.2) is 0 Å². The van der Waals surface area contributed by atoms with Crippen LogP contribution in [0.25, 0.3) is 0 Å². The Labute approximate surface area is 124 Å². The Hall–Kier alpha value is -0.570. The second kappa shape index (κ2) is 6.93. The number of carbonyl (C=O) groups excluding carboxylic acids is 1. The molecule has 0 saturated heterocycles. The van der Waals surface area contributed by atoms with Gasteiger partial charge in [-0.1, -0.05) is 20.3 Å². The molecule has 0 radical (unpaired) electrons. The van der Waals surface area contributed by atoms with E-state index in [0.717, 1.165) is 30.7 Å². The highest BCUT2D eigenvalue weighted by Gasteiger charge is 2.40. The van der Waals surface area contributed by atoms with E-state index in [-0.39, 0.29) is 0 Å². The molecule has 20 heavy (non-hydrogen) atoms. The molecule has 2 saturated carbocycles. The first kappa shape index (κ1) is 15.8. The van der Waals surface area contributed by atoms with Gasteiger partial charge in [0.25, 0.3) is 0 Å². The number of hydrogen-bond donors (Lipinski definition) is 1. The molecular weight excluding hydrogens is 248 g/mol. The van der Waals surface area contributed by atoms with Gasteiger partial charge in [-0.15, -0.1) is 0 Å². The molecule has 2 bridgehead atoms. The summed E-state index contributed by atoms with van der Waals surface area (Å²) in [4.78, 5) is 14.3. The average molecular weight is 280 g/mol. The predicted octanol–water partition coefficient (Wildman–Crippen LogP) is 2.89. The van der Waals surface area contributed by atoms with Crippen LogP contribution < -0.4 is 5.73 Å². The molecule has 0 aliphatic heterocycles. The van der Waals surface area contributed by atoms with E-state index in [1.54, 1.807) is 0 Å². The topological polar surface area (TPSA) is 46.3 Å². The Morgan fingerprint density at radius 1 is 1.30 bits per heavy atom. The highest BCUT2D eigenvalue weighted by Crippen LogP contribution is 2.48. The van der Waals surface area contributed by atoms with Crippen molar-refractivity contribution in [2.24, 2.45) is 35.3 Å². The molecule has 0 aromatic heterocycles. The Bertz CT molecular complexity index is 329. The molecular formula is C17H32N2O. The van der Waals surface area contributed by atoms with Crippen molar-refractivity contribution in [2.45, 2.75) is 52.4 Å². The fourth-order valence-electron chi connectivity index (χ4n) is 4.39. The third kappa shape index (κ3) is 3.97. The van der Waals surface area contributed by atoms with Gasteiger partial charge < -0.3 is 10.6 Å². The average Bonchev–Trinajstić information content (AvgIpc) is 2.99. The van der Waals surface area contributed by atoms with Crippen molar-refractivity contribution < 1.29 is 4.79 Å². The Kier molecular flexibility index (Phi) is 5.48. The highest BCUT2D eigenvalue weighted by molar-refractivity contribution is 5.76. The molecule has 2 aliphatic carbocycles. The molecule has 2 rings (SSSR count). The van der Waals surface area contributed by atoms with E-state index in [1.165, 1.54) is 25.7 Å². The van der Waals surface area contributed by atoms with Crippen LogP contribution in [0.1, 0.15) is 52.4 Å². The first-order valence-corrected chi connectivity index (χ1v) is 8.43. The summed E-state index contributed by atoms with van der Waals surface area (Å²) in [6, 6.07) is 0. The van der Waals surface area contributed by atoms with Gasteiger partial charge in [0.15, 0.2) is 0 Å². The van der Waals surface area contributed by atoms with Gasteiger partial charge >= 0.3 is 0 Å². The van der Waals surface area contributed by atoms with Crippen LogP contribution in [-0.2, 0) is 4.79 Å². The number of nitrogens with zero attached hydrogens (tertiary/aromatic N) is 1. The number of fused-ring (bicyclic) bond motifs is 2. The summed E-state index contributed by atoms with van der Waals surface area (Å²) in [5.41, 5.74) is 5.81. The zero-order valence-electron chi connectivity index (χ0n) is 13.5. The van der Waals surface area contributed by atoms with Crippen LogP contribution in [0.4, 0.5) is 0 Å². The molecule has 3 heteroatoms. The highest BCUT2D eigenvalue weighted by atomic mass is 16.2. The van der Waals surface area contributed by atoms with Gasteiger partial charge in [0.2, 0.25) is 5.91 Å². The smallest absolute Gasteiger partial charge is 0.222 e. The number of carbonyl (C=O) groups is 1. The van der Waals surface area contributed by atoms with Crippen LogP contribution in [0.15, 0.2) is 0 Å². The summed E-state index contributed by atoms with van der Waals surface area (Å²) in [6.45, 7) is 6.00. The monoisotopic (exact) mass is 280 g/mol. The molecule has 4 atom stereocenters. The van der Waals surface area contributed by atoms with Crippen LogP contribution in [0.5, 0.6) is 0 Å². The van der Waals surface area contributed by atoms with Gasteiger partial charge in [-0.3, -0.25) is 4.79 Å². The zero-order chi connectivity index (χ0) is 14.7. The van der Waals surface area contributed by atoms with E-state index in [9.17, 15) is 4.79 Å². The molecule has 2 N–H and O–H groups in total. The van der Waals surface area contributed by atoms with Crippen LogP contribution in [-0.4, -0.2) is 30.9 Å². The van der Waals surface area contributed by atoms with Crippen LogP contribution >= 0.6 is 0 Å². The minimum Gasteiger partial charge on any atom is -0.345 e. The summed E-state index contributed by atoms with van der Waals surface area (Å²) >= 11 is 0. The van der Waals surface area contributed by atoms with E-state index in [0.29, 0.717) is 30.7 Å². The van der Waals surface area contributed by atoms with Gasteiger partial charge in [-0.2, -0.15) is 0 Å². The number of hydrogen-bond acceptors (Lipinski definition) is 2. The second-order valence-corrected chi connectivity index (χ2v) is 7.64. The number of amides is 1. The maximum atomic E-state index is 12.4. The molecule has 2 aliphatic rings. The van der Waals surface area contributed by atoms with Crippen molar-refractivity contribution in [1.29, 1.82) is 0 Å². The largest absolute Gasteiger partial charge is 0.345 e. The molecule has 1 amide bonds. The summed E-state index contributed by atoms with van der Waals surface area (Å²) < 4.78 is 0. The lowest BCUT2D eigenvalue weighted by molar-refractivity contribution is -0.131. The van der Waals surface area contributed by atoms with E-state index >= 15 is 0 Å². The van der Waals surface area contributed by atoms with Crippen molar-refractivity contribution in [3.63, 3.8) is 0 Å². The summed E-state index contributed by atoms with van der Waals surface area (Å²) in [5, 5.41) is 0. The van der Waals surface area contributed by atoms with Gasteiger partial charge in [0.05, 0.1) is 0 Å². The van der Waals surface area contributed by atoms with E-state index in [2.05, 4.69) is 13.8 Å². The zero-order valence-corrected chi connectivity index (χ0v) is 13.5. The first-order chi connectivity index (χ1) is 9.49. The van der Waals surface area contributed by atoms with Crippen LogP contribution in [0.3, 0.4) is 0 Å². The van der Waals surface area contributed by atoms with Gasteiger partial charge in [0, 0.05) is 20.0 Å². The minimum atomic E-state index is 0.295. The summed E-state index contributed by atoms with van der Waals surface area (Å²) in [5.74, 6) is 3.90. The molecule has 0 aromatic rings. The van der Waals surface area contributed by atoms with Crippen molar-refractivity contribution in [3.8, 4) is 0 Å². The van der Waals surface area contributed by atoms with E-state index in [4.69, 9.17) is 5.73 Å². The first-order valence-electron chi connectivity index (χ1n) is 8.43. The van der Waals surface area contributed by atoms with Crippen molar-refractivity contribution in [1.82, 2.24) is 4.90 Å². The Morgan fingerprint density at radius 3 is 2.55 bits per heavy atom. The maximum absolute atomic E-state index is 12.4. The van der Waals surface area contributed by atoms with Crippen LogP contribution in [0, 0.1) is 29.6 Å². The lowest BCUT2D eigenvalue weighted by Crippen LogP contribution is -2.35. The van der Waals surface area contributed by atoms with Crippen molar-refractivity contribution in [3.05, 3.63) is 0 Å². The normalized spacial score (nSPS) is 29.9. The molecule has 116 valence electrons. The molecule has 0 aromatic carbocycles. The van der Waals surface area contributed by atoms with Gasteiger partial charge in [-0.05, 0) is 61.8 Å². The quantitative estimate of drug-likeness (QED) is 0.779. The SMILES string of the molecule is CC(C)CC(CN)CC(=O)N(C)CC1CC2CCC1C2. The molecule has 3 nitrogen and oxygen atoms in total. The minimum absolute atomic E-state index is 0.295. The third-order valence-corrected chi connectivity index (χ3v) is 5.42. The number of nitrogens with two attached hydrogens (primary N) is 1. The Balaban J connectivity index is 1.76. The standard InChI is InChI=1S/C17H32N2O/c1-12(2)6-14(10-18)9-17(20)19(3)11-16-8-13-4-5-15(16)7-13/h12-16H,4-11,18H2,1-3H3. The molecule has 4 unspecified atom stereocenters. The predicted molar refractivity (Wildman–Crippen MR) is 83.2 cm³/mol. The molecule has 0 spiro atoms. The fraction of sp³-hybridized carbons (Fsp3) is 0.941. The van der Waals surface area contributed by atoms with Crippen molar-refractivity contribution >= 4 is 5.91 Å². The third-order valence-electron chi connectivity index (χ3n) is 5.42. The second-order valence-electron chi connectivity index (χ2n) is 7.64. The summed E-state index contributed by atoms with van der Waals surface area (Å²) in [6.07, 6.45) is 7.30. The fourth-order valence-corrected chi connectivity index (χ4v) is 4.39. The lowest BCUT2D eigenvalue weighted by atomic mass is 9.88. The van der Waals surface area contributed by atoms with Crippen LogP contribution in [0.2, 0.25) is 0 Å². The maximum Gasteiger partial charge on any atom is 0.222 e. The number of rotatable bonds is 7. The lowest BCUT2D eigenvalue weighted by Gasteiger charge is -2.28.